The summed E-state index contributed by atoms with van der Waals surface area (Å²) in [6.45, 7) is 7.92. The van der Waals surface area contributed by atoms with E-state index in [2.05, 4.69) is 20.4 Å². The predicted molar refractivity (Wildman–Crippen MR) is 56.6 cm³/mol. The van der Waals surface area contributed by atoms with Crippen LogP contribution in [0.5, 0.6) is 0 Å². The lowest BCUT2D eigenvalue weighted by molar-refractivity contribution is -0.116. The Bertz CT molecular complexity index is 141. The number of carbonyl (C=O) groups is 1. The normalized spacial score (nSPS) is 10.2. The Morgan fingerprint density at radius 1 is 1.58 bits per heavy atom. The third-order valence-corrected chi connectivity index (χ3v) is 2.77. The highest BCUT2D eigenvalue weighted by atomic mass is 32.2. The van der Waals surface area contributed by atoms with Crippen molar-refractivity contribution in [3.05, 3.63) is 12.7 Å². The summed E-state index contributed by atoms with van der Waals surface area (Å²) < 4.78 is 0. The third kappa shape index (κ3) is 7.86. The molecular formula is C10H18OS. The zero-order valence-corrected chi connectivity index (χ0v) is 8.82. The molecule has 0 aromatic rings. The molecule has 2 heteroatoms. The van der Waals surface area contributed by atoms with Gasteiger partial charge in [-0.05, 0) is 18.1 Å². The molecule has 0 spiro atoms. The molecule has 0 unspecified atom stereocenters. The molecule has 0 amide bonds. The molecule has 70 valence electrons. The molecule has 12 heavy (non-hydrogen) atoms. The summed E-state index contributed by atoms with van der Waals surface area (Å²) in [6, 6.07) is 0. The number of ketones is 1. The molecule has 1 nitrogen and oxygen atoms in total. The van der Waals surface area contributed by atoms with Crippen LogP contribution in [0.15, 0.2) is 12.7 Å². The van der Waals surface area contributed by atoms with Crippen LogP contribution in [0.3, 0.4) is 0 Å². The molecule has 0 N–H and O–H groups in total. The van der Waals surface area contributed by atoms with Gasteiger partial charge in [-0.2, -0.15) is 11.8 Å². The van der Waals surface area contributed by atoms with Gasteiger partial charge >= 0.3 is 0 Å². The van der Waals surface area contributed by atoms with Gasteiger partial charge in [-0.1, -0.05) is 19.9 Å². The Labute approximate surface area is 79.6 Å². The van der Waals surface area contributed by atoms with Gasteiger partial charge in [0.05, 0.1) is 5.75 Å². The van der Waals surface area contributed by atoms with Gasteiger partial charge in [0.25, 0.3) is 0 Å². The van der Waals surface area contributed by atoms with Crippen LogP contribution in [-0.2, 0) is 4.79 Å². The monoisotopic (exact) mass is 186 g/mol. The van der Waals surface area contributed by atoms with Gasteiger partial charge in [0.1, 0.15) is 5.78 Å². The SMILES string of the molecule is C=CCCC(=O)CSCC(C)C. The molecule has 0 heterocycles. The van der Waals surface area contributed by atoms with Crippen molar-refractivity contribution in [1.82, 2.24) is 0 Å². The smallest absolute Gasteiger partial charge is 0.143 e. The quantitative estimate of drug-likeness (QED) is 0.569. The van der Waals surface area contributed by atoms with Gasteiger partial charge in [0, 0.05) is 6.42 Å². The van der Waals surface area contributed by atoms with Crippen molar-refractivity contribution < 1.29 is 4.79 Å². The van der Waals surface area contributed by atoms with E-state index in [9.17, 15) is 4.79 Å². The van der Waals surface area contributed by atoms with E-state index in [1.165, 1.54) is 0 Å². The van der Waals surface area contributed by atoms with Gasteiger partial charge in [-0.25, -0.2) is 0 Å². The number of carbonyl (C=O) groups excluding carboxylic acids is 1. The first-order chi connectivity index (χ1) is 5.66. The number of hydrogen-bond donors (Lipinski definition) is 0. The number of Topliss-reactive ketones (excluding diaryl/α,β-unsaturated/α-hetero) is 1. The van der Waals surface area contributed by atoms with Crippen LogP contribution < -0.4 is 0 Å². The first-order valence-corrected chi connectivity index (χ1v) is 5.52. The molecule has 0 aliphatic rings. The van der Waals surface area contributed by atoms with Crippen LogP contribution in [-0.4, -0.2) is 17.3 Å². The van der Waals surface area contributed by atoms with Crippen LogP contribution in [0.4, 0.5) is 0 Å². The van der Waals surface area contributed by atoms with E-state index >= 15 is 0 Å². The van der Waals surface area contributed by atoms with Crippen molar-refractivity contribution in [2.24, 2.45) is 5.92 Å². The highest BCUT2D eigenvalue weighted by Gasteiger charge is 2.01. The highest BCUT2D eigenvalue weighted by Crippen LogP contribution is 2.08. The molecular weight excluding hydrogens is 168 g/mol. The average Bonchev–Trinajstić information content (AvgIpc) is 2.00. The fraction of sp³-hybridized carbons (Fsp3) is 0.700. The van der Waals surface area contributed by atoms with E-state index in [0.717, 1.165) is 12.2 Å². The summed E-state index contributed by atoms with van der Waals surface area (Å²) in [6.07, 6.45) is 3.28. The maximum absolute atomic E-state index is 11.1. The van der Waals surface area contributed by atoms with E-state index in [0.29, 0.717) is 23.9 Å². The van der Waals surface area contributed by atoms with E-state index in [1.54, 1.807) is 17.8 Å². The number of rotatable bonds is 7. The summed E-state index contributed by atoms with van der Waals surface area (Å²) in [4.78, 5) is 11.1. The van der Waals surface area contributed by atoms with Crippen LogP contribution in [0.2, 0.25) is 0 Å². The van der Waals surface area contributed by atoms with Crippen LogP contribution in [0.25, 0.3) is 0 Å². The van der Waals surface area contributed by atoms with Crippen molar-refractivity contribution in [3.8, 4) is 0 Å². The second kappa shape index (κ2) is 7.41. The van der Waals surface area contributed by atoms with Crippen LogP contribution in [0, 0.1) is 5.92 Å². The average molecular weight is 186 g/mol. The zero-order chi connectivity index (χ0) is 9.40. The Morgan fingerprint density at radius 2 is 2.25 bits per heavy atom. The molecule has 0 radical (unpaired) electrons. The molecule has 0 aromatic heterocycles. The van der Waals surface area contributed by atoms with Gasteiger partial charge < -0.3 is 0 Å². The Kier molecular flexibility index (Phi) is 7.26. The molecule has 0 rings (SSSR count). The van der Waals surface area contributed by atoms with Gasteiger partial charge in [0.15, 0.2) is 0 Å². The minimum atomic E-state index is 0.348. The number of hydrogen-bond acceptors (Lipinski definition) is 2. The van der Waals surface area contributed by atoms with Crippen molar-refractivity contribution >= 4 is 17.5 Å². The van der Waals surface area contributed by atoms with Crippen molar-refractivity contribution in [2.45, 2.75) is 26.7 Å². The second-order valence-corrected chi connectivity index (χ2v) is 4.31. The summed E-state index contributed by atoms with van der Waals surface area (Å²) in [5, 5.41) is 0. The fourth-order valence-corrected chi connectivity index (χ4v) is 1.70. The Morgan fingerprint density at radius 3 is 2.75 bits per heavy atom. The summed E-state index contributed by atoms with van der Waals surface area (Å²) >= 11 is 1.74. The predicted octanol–water partition coefficient (Wildman–Crippen LogP) is 2.91. The molecule has 0 bridgehead atoms. The van der Waals surface area contributed by atoms with Crippen LogP contribution >= 0.6 is 11.8 Å². The van der Waals surface area contributed by atoms with E-state index in [1.807, 2.05) is 0 Å². The van der Waals surface area contributed by atoms with Gasteiger partial charge in [0.2, 0.25) is 0 Å². The summed E-state index contributed by atoms with van der Waals surface area (Å²) in [5.41, 5.74) is 0. The van der Waals surface area contributed by atoms with E-state index in [4.69, 9.17) is 0 Å². The topological polar surface area (TPSA) is 17.1 Å². The zero-order valence-electron chi connectivity index (χ0n) is 8.01. The minimum absolute atomic E-state index is 0.348. The second-order valence-electron chi connectivity index (χ2n) is 3.28. The maximum atomic E-state index is 11.1. The lowest BCUT2D eigenvalue weighted by Gasteiger charge is -2.02. The van der Waals surface area contributed by atoms with Gasteiger partial charge in [-0.15, -0.1) is 6.58 Å². The minimum Gasteiger partial charge on any atom is -0.299 e. The molecule has 0 aliphatic heterocycles. The largest absolute Gasteiger partial charge is 0.299 e. The molecule has 0 atom stereocenters. The maximum Gasteiger partial charge on any atom is 0.143 e. The first-order valence-electron chi connectivity index (χ1n) is 4.37. The summed E-state index contributed by atoms with van der Waals surface area (Å²) in [7, 11) is 0. The molecule has 0 saturated carbocycles. The van der Waals surface area contributed by atoms with E-state index < -0.39 is 0 Å². The summed E-state index contributed by atoms with van der Waals surface area (Å²) in [5.74, 6) is 2.79. The number of thioether (sulfide) groups is 1. The van der Waals surface area contributed by atoms with Crippen LogP contribution in [0.1, 0.15) is 26.7 Å². The Balaban J connectivity index is 3.25. The lowest BCUT2D eigenvalue weighted by atomic mass is 10.2. The molecule has 0 aliphatic carbocycles. The third-order valence-electron chi connectivity index (χ3n) is 1.34. The lowest BCUT2D eigenvalue weighted by Crippen LogP contribution is -2.02. The molecule has 0 aromatic carbocycles. The molecule has 0 fully saturated rings. The number of allylic oxidation sites excluding steroid dienone is 1. The fourth-order valence-electron chi connectivity index (χ4n) is 0.744. The Hall–Kier alpha value is -0.240. The van der Waals surface area contributed by atoms with Gasteiger partial charge in [-0.3, -0.25) is 4.79 Å². The highest BCUT2D eigenvalue weighted by molar-refractivity contribution is 7.99. The van der Waals surface area contributed by atoms with Crippen molar-refractivity contribution in [1.29, 1.82) is 0 Å². The van der Waals surface area contributed by atoms with Crippen molar-refractivity contribution in [3.63, 3.8) is 0 Å². The van der Waals surface area contributed by atoms with Crippen molar-refractivity contribution in [2.75, 3.05) is 11.5 Å². The standard InChI is InChI=1S/C10H18OS/c1-4-5-6-10(11)8-12-7-9(2)3/h4,9H,1,5-8H2,2-3H3. The first kappa shape index (κ1) is 11.8. The van der Waals surface area contributed by atoms with E-state index in [-0.39, 0.29) is 0 Å². The molecule has 0 saturated heterocycles.